The maximum Gasteiger partial charge on any atom is 0.244 e. The summed E-state index contributed by atoms with van der Waals surface area (Å²) in [5.74, 6) is 1.31. The van der Waals surface area contributed by atoms with Crippen LogP contribution in [0, 0.1) is 5.92 Å². The number of ether oxygens (including phenoxy) is 1. The van der Waals surface area contributed by atoms with Gasteiger partial charge in [-0.2, -0.15) is 0 Å². The Balaban J connectivity index is 1.40. The number of hydrogen-bond acceptors (Lipinski definition) is 5. The summed E-state index contributed by atoms with van der Waals surface area (Å²) in [6, 6.07) is 14.7. The molecule has 8 heteroatoms. The zero-order valence-electron chi connectivity index (χ0n) is 18.3. The molecule has 0 radical (unpaired) electrons. The molecule has 1 aliphatic rings. The number of rotatable bonds is 8. The van der Waals surface area contributed by atoms with Gasteiger partial charge in [0.1, 0.15) is 23.9 Å². The van der Waals surface area contributed by atoms with Gasteiger partial charge in [0.15, 0.2) is 9.84 Å². The summed E-state index contributed by atoms with van der Waals surface area (Å²) < 4.78 is 31.2. The predicted octanol–water partition coefficient (Wildman–Crippen LogP) is 4.18. The molecule has 32 heavy (non-hydrogen) atoms. The molecule has 1 amide bonds. The molecule has 1 aliphatic carbocycles. The highest BCUT2D eigenvalue weighted by atomic mass is 32.2. The smallest absolute Gasteiger partial charge is 0.244 e. The maximum atomic E-state index is 12.7. The van der Waals surface area contributed by atoms with Gasteiger partial charge in [-0.3, -0.25) is 4.79 Å². The molecule has 7 nitrogen and oxygen atoms in total. The molecular weight excluding hydrogens is 426 g/mol. The first-order valence-electron chi connectivity index (χ1n) is 11.0. The summed E-state index contributed by atoms with van der Waals surface area (Å²) >= 11 is 0. The van der Waals surface area contributed by atoms with E-state index in [1.807, 2.05) is 48.5 Å². The van der Waals surface area contributed by atoms with Crippen LogP contribution in [0.2, 0.25) is 0 Å². The molecular formula is C24H29N3O4S. The number of hydrogen-bond donors (Lipinski definition) is 1. The fraction of sp³-hybridized carbons (Fsp3) is 0.417. The molecule has 0 unspecified atom stereocenters. The van der Waals surface area contributed by atoms with Crippen molar-refractivity contribution >= 4 is 32.5 Å². The van der Waals surface area contributed by atoms with E-state index in [1.165, 1.54) is 32.1 Å². The third-order valence-corrected chi connectivity index (χ3v) is 6.56. The van der Waals surface area contributed by atoms with Crippen molar-refractivity contribution in [3.05, 3.63) is 54.4 Å². The third-order valence-electron chi connectivity index (χ3n) is 5.78. The number of amides is 1. The average Bonchev–Trinajstić information content (AvgIpc) is 3.09. The summed E-state index contributed by atoms with van der Waals surface area (Å²) in [5.41, 5.74) is 2.06. The molecule has 0 bridgehead atoms. The van der Waals surface area contributed by atoms with Crippen LogP contribution in [0.4, 0.5) is 5.69 Å². The molecule has 0 spiro atoms. The number of carbonyl (C=O) groups is 1. The van der Waals surface area contributed by atoms with Gasteiger partial charge in [-0.25, -0.2) is 13.4 Å². The topological polar surface area (TPSA) is 90.3 Å². The number of benzene rings is 2. The minimum absolute atomic E-state index is 0.0225. The molecule has 0 saturated heterocycles. The van der Waals surface area contributed by atoms with Crippen molar-refractivity contribution in [3.63, 3.8) is 0 Å². The second kappa shape index (κ2) is 9.73. The number of fused-ring (bicyclic) bond motifs is 1. The molecule has 170 valence electrons. The van der Waals surface area contributed by atoms with E-state index >= 15 is 0 Å². The fourth-order valence-corrected chi connectivity index (χ4v) is 4.88. The Morgan fingerprint density at radius 1 is 1.09 bits per heavy atom. The van der Waals surface area contributed by atoms with Crippen LogP contribution in [0.3, 0.4) is 0 Å². The largest absolute Gasteiger partial charge is 0.493 e. The molecule has 1 heterocycles. The van der Waals surface area contributed by atoms with Crippen LogP contribution in [-0.4, -0.2) is 36.7 Å². The lowest BCUT2D eigenvalue weighted by Crippen LogP contribution is -2.21. The molecule has 3 aromatic rings. The summed E-state index contributed by atoms with van der Waals surface area (Å²) in [6.07, 6.45) is 7.54. The van der Waals surface area contributed by atoms with E-state index in [4.69, 9.17) is 4.74 Å². The van der Waals surface area contributed by atoms with E-state index in [0.29, 0.717) is 22.9 Å². The van der Waals surface area contributed by atoms with E-state index in [1.54, 1.807) is 4.57 Å². The molecule has 1 saturated carbocycles. The predicted molar refractivity (Wildman–Crippen MR) is 125 cm³/mol. The molecule has 2 aromatic carbocycles. The van der Waals surface area contributed by atoms with E-state index in [-0.39, 0.29) is 18.2 Å². The summed E-state index contributed by atoms with van der Waals surface area (Å²) in [4.78, 5) is 17.1. The van der Waals surface area contributed by atoms with Gasteiger partial charge in [0, 0.05) is 11.9 Å². The molecule has 0 aliphatic heterocycles. The monoisotopic (exact) mass is 455 g/mol. The van der Waals surface area contributed by atoms with E-state index in [0.717, 1.165) is 24.1 Å². The number of nitrogens with zero attached hydrogens (tertiary/aromatic N) is 2. The van der Waals surface area contributed by atoms with Gasteiger partial charge in [0.25, 0.3) is 0 Å². The number of anilines is 1. The van der Waals surface area contributed by atoms with E-state index in [2.05, 4.69) is 10.3 Å². The highest BCUT2D eigenvalue weighted by Crippen LogP contribution is 2.25. The average molecular weight is 456 g/mol. The molecule has 0 atom stereocenters. The lowest BCUT2D eigenvalue weighted by atomic mass is 9.90. The maximum absolute atomic E-state index is 12.7. The SMILES string of the molecule is CS(=O)(=O)Cc1nc2ccccc2n1CC(=O)Nc1ccc(OCC2CCCCC2)cc1. The standard InChI is InChI=1S/C24H29N3O4S/c1-32(29,30)17-23-26-21-9-5-6-10-22(21)27(23)15-24(28)25-19-11-13-20(14-12-19)31-16-18-7-3-2-4-8-18/h5-6,9-14,18H,2-4,7-8,15-17H2,1H3,(H,25,28). The van der Waals surface area contributed by atoms with Crippen molar-refractivity contribution in [2.45, 2.75) is 44.4 Å². The van der Waals surface area contributed by atoms with Gasteiger partial charge in [-0.1, -0.05) is 31.4 Å². The Labute approximate surface area is 188 Å². The number of nitrogens with one attached hydrogen (secondary N) is 1. The lowest BCUT2D eigenvalue weighted by molar-refractivity contribution is -0.116. The Hall–Kier alpha value is -2.87. The summed E-state index contributed by atoms with van der Waals surface area (Å²) in [5, 5.41) is 2.88. The minimum atomic E-state index is -3.29. The number of aromatic nitrogens is 2. The normalized spacial score (nSPS) is 15.0. The van der Waals surface area contributed by atoms with Crippen molar-refractivity contribution < 1.29 is 17.9 Å². The van der Waals surface area contributed by atoms with Crippen LogP contribution in [0.1, 0.15) is 37.9 Å². The summed E-state index contributed by atoms with van der Waals surface area (Å²) in [7, 11) is -3.29. The third kappa shape index (κ3) is 5.88. The van der Waals surface area contributed by atoms with Crippen molar-refractivity contribution in [3.8, 4) is 5.75 Å². The van der Waals surface area contributed by atoms with Gasteiger partial charge in [-0.15, -0.1) is 0 Å². The first-order valence-corrected chi connectivity index (χ1v) is 13.1. The first-order chi connectivity index (χ1) is 15.4. The van der Waals surface area contributed by atoms with Crippen LogP contribution in [0.5, 0.6) is 5.75 Å². The van der Waals surface area contributed by atoms with E-state index < -0.39 is 9.84 Å². The quantitative estimate of drug-likeness (QED) is 0.550. The Kier molecular flexibility index (Phi) is 6.79. The van der Waals surface area contributed by atoms with Gasteiger partial charge < -0.3 is 14.6 Å². The highest BCUT2D eigenvalue weighted by Gasteiger charge is 2.18. The van der Waals surface area contributed by atoms with Crippen molar-refractivity contribution in [2.24, 2.45) is 5.92 Å². The number of carbonyl (C=O) groups excluding carboxylic acids is 1. The van der Waals surface area contributed by atoms with Gasteiger partial charge >= 0.3 is 0 Å². The van der Waals surface area contributed by atoms with Crippen LogP contribution >= 0.6 is 0 Å². The van der Waals surface area contributed by atoms with Gasteiger partial charge in [0.05, 0.1) is 17.6 Å². The second-order valence-corrected chi connectivity index (χ2v) is 10.7. The van der Waals surface area contributed by atoms with Crippen molar-refractivity contribution in [1.82, 2.24) is 9.55 Å². The van der Waals surface area contributed by atoms with Crippen molar-refractivity contribution in [2.75, 3.05) is 18.2 Å². The molecule has 1 aromatic heterocycles. The van der Waals surface area contributed by atoms with Crippen LogP contribution in [0.15, 0.2) is 48.5 Å². The van der Waals surface area contributed by atoms with E-state index in [9.17, 15) is 13.2 Å². The second-order valence-electron chi connectivity index (χ2n) is 8.56. The zero-order chi connectivity index (χ0) is 22.6. The Morgan fingerprint density at radius 3 is 2.53 bits per heavy atom. The zero-order valence-corrected chi connectivity index (χ0v) is 19.1. The molecule has 1 fully saturated rings. The van der Waals surface area contributed by atoms with Crippen LogP contribution in [-0.2, 0) is 26.9 Å². The van der Waals surface area contributed by atoms with Crippen molar-refractivity contribution in [1.29, 1.82) is 0 Å². The minimum Gasteiger partial charge on any atom is -0.493 e. The highest BCUT2D eigenvalue weighted by molar-refractivity contribution is 7.89. The Morgan fingerprint density at radius 2 is 1.81 bits per heavy atom. The van der Waals surface area contributed by atoms with Gasteiger partial charge in [-0.05, 0) is 55.2 Å². The number of para-hydroxylation sites is 2. The summed E-state index contributed by atoms with van der Waals surface area (Å²) in [6.45, 7) is 0.716. The fourth-order valence-electron chi connectivity index (χ4n) is 4.19. The number of imidazole rings is 1. The Bertz CT molecular complexity index is 1180. The number of sulfone groups is 1. The first kappa shape index (κ1) is 22.3. The lowest BCUT2D eigenvalue weighted by Gasteiger charge is -2.21. The van der Waals surface area contributed by atoms with Crippen LogP contribution in [0.25, 0.3) is 11.0 Å². The van der Waals surface area contributed by atoms with Crippen LogP contribution < -0.4 is 10.1 Å². The molecule has 1 N–H and O–H groups in total. The molecule has 4 rings (SSSR count). The van der Waals surface area contributed by atoms with Gasteiger partial charge in [0.2, 0.25) is 5.91 Å².